The van der Waals surface area contributed by atoms with Gasteiger partial charge >= 0.3 is 0 Å². The first kappa shape index (κ1) is 43.9. The maximum Gasteiger partial charge on any atom is 0.242 e. The Morgan fingerprint density at radius 3 is 1.46 bits per heavy atom. The van der Waals surface area contributed by atoms with Crippen molar-refractivity contribution in [1.29, 1.82) is 0 Å². The molecule has 1 unspecified atom stereocenters. The van der Waals surface area contributed by atoms with Crippen molar-refractivity contribution in [2.24, 2.45) is 16.5 Å². The number of carbonyl (C=O) groups excluding carboxylic acids is 2. The molecule has 1 atom stereocenters. The lowest BCUT2D eigenvalue weighted by Gasteiger charge is -2.18. The monoisotopic (exact) mass is 648 g/mol. The SMILES string of the molecule is CCCCCCCC/C=C\CCCCCCCC(=O)NC(CCN=C(N)N)C(=O)NCCCCCCCCCCCCCCCC. The van der Waals surface area contributed by atoms with Crippen LogP contribution in [0.25, 0.3) is 0 Å². The molecule has 0 rings (SSSR count). The summed E-state index contributed by atoms with van der Waals surface area (Å²) >= 11 is 0. The highest BCUT2D eigenvalue weighted by Gasteiger charge is 2.20. The number of rotatable bonds is 35. The van der Waals surface area contributed by atoms with Crippen LogP contribution in [0.5, 0.6) is 0 Å². The van der Waals surface area contributed by atoms with Gasteiger partial charge in [0.1, 0.15) is 6.04 Å². The van der Waals surface area contributed by atoms with Gasteiger partial charge < -0.3 is 22.1 Å². The molecule has 0 aromatic heterocycles. The van der Waals surface area contributed by atoms with Crippen LogP contribution in [0.3, 0.4) is 0 Å². The van der Waals surface area contributed by atoms with Crippen molar-refractivity contribution in [3.05, 3.63) is 12.2 Å². The second-order valence-electron chi connectivity index (χ2n) is 13.4. The molecule has 7 heteroatoms. The molecule has 7 nitrogen and oxygen atoms in total. The number of unbranched alkanes of at least 4 members (excludes halogenated alkanes) is 24. The summed E-state index contributed by atoms with van der Waals surface area (Å²) in [6, 6.07) is -0.606. The highest BCUT2D eigenvalue weighted by Crippen LogP contribution is 2.13. The summed E-state index contributed by atoms with van der Waals surface area (Å²) in [6.45, 7) is 5.49. The van der Waals surface area contributed by atoms with Gasteiger partial charge in [-0.1, -0.05) is 161 Å². The van der Waals surface area contributed by atoms with E-state index in [1.807, 2.05) is 0 Å². The summed E-state index contributed by atoms with van der Waals surface area (Å²) in [5, 5.41) is 5.95. The highest BCUT2D eigenvalue weighted by atomic mass is 16.2. The molecule has 2 amide bonds. The van der Waals surface area contributed by atoms with Crippen molar-refractivity contribution in [3.8, 4) is 0 Å². The fraction of sp³-hybridized carbons (Fsp3) is 0.872. The van der Waals surface area contributed by atoms with E-state index in [4.69, 9.17) is 11.5 Å². The smallest absolute Gasteiger partial charge is 0.242 e. The van der Waals surface area contributed by atoms with Gasteiger partial charge in [0, 0.05) is 19.5 Å². The third-order valence-corrected chi connectivity index (χ3v) is 8.86. The molecule has 0 bridgehead atoms. The molecule has 0 aliphatic carbocycles. The lowest BCUT2D eigenvalue weighted by atomic mass is 10.0. The van der Waals surface area contributed by atoms with Gasteiger partial charge in [-0.2, -0.15) is 0 Å². The third-order valence-electron chi connectivity index (χ3n) is 8.86. The molecule has 270 valence electrons. The lowest BCUT2D eigenvalue weighted by molar-refractivity contribution is -0.129. The maximum absolute atomic E-state index is 12.9. The molecule has 0 saturated heterocycles. The predicted octanol–water partition coefficient (Wildman–Crippen LogP) is 9.77. The fourth-order valence-electron chi connectivity index (χ4n) is 5.87. The molecule has 6 N–H and O–H groups in total. The summed E-state index contributed by atoms with van der Waals surface area (Å²) in [5.74, 6) is -0.210. The second kappa shape index (κ2) is 35.8. The van der Waals surface area contributed by atoms with Gasteiger partial charge in [-0.05, 0) is 44.9 Å². The molecule has 0 fully saturated rings. The zero-order valence-corrected chi connectivity index (χ0v) is 30.6. The van der Waals surface area contributed by atoms with Crippen LogP contribution in [0.1, 0.15) is 200 Å². The summed E-state index contributed by atoms with van der Waals surface area (Å²) in [5.41, 5.74) is 10.9. The number of allylic oxidation sites excluding steroid dienone is 2. The molecule has 0 aliphatic heterocycles. The standard InChI is InChI=1S/C39H77N5O2/c1-3-5-7-9-11-13-15-17-19-20-22-24-26-28-30-32-37(45)44-36(33-35-43-39(40)41)38(46)42-34-31-29-27-25-23-21-18-16-14-12-10-8-6-4-2/h17,19,36H,3-16,18,20-35H2,1-2H3,(H,42,46)(H,44,45)(H4,40,41,43)/b19-17-. The van der Waals surface area contributed by atoms with Crippen molar-refractivity contribution in [2.75, 3.05) is 13.1 Å². The van der Waals surface area contributed by atoms with Gasteiger partial charge in [0.25, 0.3) is 0 Å². The Balaban J connectivity index is 3.95. The molecule has 0 heterocycles. The van der Waals surface area contributed by atoms with Crippen molar-refractivity contribution < 1.29 is 9.59 Å². The van der Waals surface area contributed by atoms with Crippen LogP contribution >= 0.6 is 0 Å². The Morgan fingerprint density at radius 2 is 1.00 bits per heavy atom. The van der Waals surface area contributed by atoms with E-state index in [9.17, 15) is 9.59 Å². The summed E-state index contributed by atoms with van der Waals surface area (Å²) in [4.78, 5) is 29.5. The molecule has 0 saturated carbocycles. The Kier molecular flexibility index (Phi) is 34.2. The third kappa shape index (κ3) is 33.3. The fourth-order valence-corrected chi connectivity index (χ4v) is 5.87. The van der Waals surface area contributed by atoms with Crippen molar-refractivity contribution in [3.63, 3.8) is 0 Å². The van der Waals surface area contributed by atoms with E-state index in [1.165, 1.54) is 135 Å². The van der Waals surface area contributed by atoms with Crippen LogP contribution in [0, 0.1) is 0 Å². The minimum absolute atomic E-state index is 0.00110. The normalized spacial score (nSPS) is 12.0. The van der Waals surface area contributed by atoms with E-state index in [2.05, 4.69) is 41.6 Å². The minimum atomic E-state index is -0.606. The van der Waals surface area contributed by atoms with E-state index in [0.29, 0.717) is 25.9 Å². The zero-order chi connectivity index (χ0) is 33.8. The highest BCUT2D eigenvalue weighted by molar-refractivity contribution is 5.87. The predicted molar refractivity (Wildman–Crippen MR) is 200 cm³/mol. The largest absolute Gasteiger partial charge is 0.370 e. The number of nitrogens with one attached hydrogen (secondary N) is 2. The van der Waals surface area contributed by atoms with Gasteiger partial charge in [0.05, 0.1) is 0 Å². The number of carbonyl (C=O) groups is 2. The second-order valence-corrected chi connectivity index (χ2v) is 13.4. The molecular weight excluding hydrogens is 570 g/mol. The van der Waals surface area contributed by atoms with Crippen LogP contribution in [0.4, 0.5) is 0 Å². The Hall–Kier alpha value is -2.05. The Morgan fingerprint density at radius 1 is 0.587 bits per heavy atom. The van der Waals surface area contributed by atoms with Crippen LogP contribution in [-0.4, -0.2) is 36.9 Å². The number of hydrogen-bond donors (Lipinski definition) is 4. The molecule has 0 spiro atoms. The van der Waals surface area contributed by atoms with E-state index < -0.39 is 6.04 Å². The first-order valence-electron chi connectivity index (χ1n) is 19.8. The average Bonchev–Trinajstić information content (AvgIpc) is 3.04. The molecule has 0 aliphatic rings. The van der Waals surface area contributed by atoms with Crippen LogP contribution in [0.2, 0.25) is 0 Å². The van der Waals surface area contributed by atoms with Gasteiger partial charge in [0.2, 0.25) is 11.8 Å². The van der Waals surface area contributed by atoms with Gasteiger partial charge in [-0.3, -0.25) is 14.6 Å². The van der Waals surface area contributed by atoms with Crippen LogP contribution < -0.4 is 22.1 Å². The lowest BCUT2D eigenvalue weighted by Crippen LogP contribution is -2.47. The molecule has 0 radical (unpaired) electrons. The zero-order valence-electron chi connectivity index (χ0n) is 30.6. The number of guanidine groups is 1. The molecular formula is C39H77N5O2. The molecule has 0 aromatic rings. The summed E-state index contributed by atoms with van der Waals surface area (Å²) in [7, 11) is 0. The first-order chi connectivity index (χ1) is 22.5. The molecule has 0 aromatic carbocycles. The summed E-state index contributed by atoms with van der Waals surface area (Å²) in [6.07, 6.45) is 39.8. The number of amides is 2. The average molecular weight is 648 g/mol. The maximum atomic E-state index is 12.9. The quantitative estimate of drug-likeness (QED) is 0.0237. The van der Waals surface area contributed by atoms with E-state index in [-0.39, 0.29) is 17.8 Å². The number of aliphatic imine (C=N–C) groups is 1. The van der Waals surface area contributed by atoms with Crippen molar-refractivity contribution in [1.82, 2.24) is 10.6 Å². The topological polar surface area (TPSA) is 123 Å². The van der Waals surface area contributed by atoms with Gasteiger partial charge in [-0.15, -0.1) is 0 Å². The van der Waals surface area contributed by atoms with Gasteiger partial charge in [-0.25, -0.2) is 0 Å². The van der Waals surface area contributed by atoms with E-state index in [1.54, 1.807) is 0 Å². The number of nitrogens with two attached hydrogens (primary N) is 2. The van der Waals surface area contributed by atoms with E-state index in [0.717, 1.165) is 38.5 Å². The Labute approximate surface area is 285 Å². The van der Waals surface area contributed by atoms with Crippen LogP contribution in [0.15, 0.2) is 17.1 Å². The Bertz CT molecular complexity index is 736. The minimum Gasteiger partial charge on any atom is -0.370 e. The summed E-state index contributed by atoms with van der Waals surface area (Å²) < 4.78 is 0. The van der Waals surface area contributed by atoms with Crippen LogP contribution in [-0.2, 0) is 9.59 Å². The number of hydrogen-bond acceptors (Lipinski definition) is 3. The van der Waals surface area contributed by atoms with Crippen molar-refractivity contribution >= 4 is 17.8 Å². The number of nitrogens with zero attached hydrogens (tertiary/aromatic N) is 1. The molecule has 46 heavy (non-hydrogen) atoms. The van der Waals surface area contributed by atoms with Crippen molar-refractivity contribution in [2.45, 2.75) is 206 Å². The van der Waals surface area contributed by atoms with Gasteiger partial charge in [0.15, 0.2) is 5.96 Å². The first-order valence-corrected chi connectivity index (χ1v) is 19.8. The van der Waals surface area contributed by atoms with E-state index >= 15 is 0 Å².